The Balaban J connectivity index is 1.72. The van der Waals surface area contributed by atoms with Gasteiger partial charge >= 0.3 is 6.36 Å². The van der Waals surface area contributed by atoms with Crippen molar-refractivity contribution in [1.29, 1.82) is 0 Å². The topological polar surface area (TPSA) is 46.6 Å². The van der Waals surface area contributed by atoms with Gasteiger partial charge in [0.25, 0.3) is 11.8 Å². The molecule has 0 spiro atoms. The molecule has 1 aliphatic heterocycles. The Morgan fingerprint density at radius 3 is 2.03 bits per heavy atom. The zero-order valence-corrected chi connectivity index (χ0v) is 17.5. The number of rotatable bonds is 5. The highest BCUT2D eigenvalue weighted by atomic mass is 32.2. The van der Waals surface area contributed by atoms with Crippen LogP contribution in [0, 0.1) is 6.92 Å². The van der Waals surface area contributed by atoms with Crippen molar-refractivity contribution in [3.05, 3.63) is 94.9 Å². The Kier molecular flexibility index (Phi) is 5.80. The number of hydrogen-bond donors (Lipinski definition) is 0. The van der Waals surface area contributed by atoms with Crippen LogP contribution in [0.4, 0.5) is 18.9 Å². The molecule has 32 heavy (non-hydrogen) atoms. The zero-order chi connectivity index (χ0) is 22.9. The fourth-order valence-electron chi connectivity index (χ4n) is 3.22. The zero-order valence-electron chi connectivity index (χ0n) is 16.7. The number of nitrogens with zero attached hydrogens (tertiary/aromatic N) is 1. The third kappa shape index (κ3) is 4.55. The monoisotopic (exact) mass is 455 g/mol. The van der Waals surface area contributed by atoms with E-state index in [0.29, 0.717) is 5.56 Å². The van der Waals surface area contributed by atoms with Gasteiger partial charge in [0.05, 0.1) is 16.2 Å². The lowest BCUT2D eigenvalue weighted by Crippen LogP contribution is -2.31. The predicted octanol–water partition coefficient (Wildman–Crippen LogP) is 5.97. The largest absolute Gasteiger partial charge is 0.573 e. The van der Waals surface area contributed by atoms with E-state index in [0.717, 1.165) is 27.5 Å². The van der Waals surface area contributed by atoms with Gasteiger partial charge in [-0.25, -0.2) is 4.90 Å². The van der Waals surface area contributed by atoms with Crippen LogP contribution in [0.3, 0.4) is 0 Å². The van der Waals surface area contributed by atoms with Crippen LogP contribution in [0.5, 0.6) is 5.75 Å². The molecule has 0 radical (unpaired) electrons. The number of amides is 2. The molecule has 4 rings (SSSR count). The number of aryl methyl sites for hydroxylation is 1. The van der Waals surface area contributed by atoms with Gasteiger partial charge in [-0.05, 0) is 48.9 Å². The van der Waals surface area contributed by atoms with Crippen molar-refractivity contribution in [3.63, 3.8) is 0 Å². The normalized spacial score (nSPS) is 14.3. The average molecular weight is 455 g/mol. The maximum absolute atomic E-state index is 13.3. The van der Waals surface area contributed by atoms with Gasteiger partial charge in [0.2, 0.25) is 0 Å². The Labute approximate surface area is 186 Å². The summed E-state index contributed by atoms with van der Waals surface area (Å²) in [5.41, 5.74) is 2.00. The minimum Gasteiger partial charge on any atom is -0.406 e. The molecule has 0 unspecified atom stereocenters. The summed E-state index contributed by atoms with van der Waals surface area (Å²) in [5.74, 6) is -1.52. The van der Waals surface area contributed by atoms with E-state index in [1.165, 1.54) is 23.9 Å². The molecule has 1 heterocycles. The molecule has 2 amide bonds. The van der Waals surface area contributed by atoms with Crippen LogP contribution in [0.25, 0.3) is 5.57 Å². The van der Waals surface area contributed by atoms with Gasteiger partial charge in [-0.1, -0.05) is 59.8 Å². The van der Waals surface area contributed by atoms with Gasteiger partial charge in [-0.3, -0.25) is 9.59 Å². The Morgan fingerprint density at radius 2 is 1.44 bits per heavy atom. The molecule has 3 aromatic carbocycles. The second-order valence-electron chi connectivity index (χ2n) is 6.97. The maximum Gasteiger partial charge on any atom is 0.573 e. The number of halogens is 3. The SMILES string of the molecule is Cc1ccc(C2=C(Sc3ccccc3)C(=O)N(c3ccc(OC(F)(F)F)cc3)C2=O)cc1. The van der Waals surface area contributed by atoms with E-state index >= 15 is 0 Å². The average Bonchev–Trinajstić information content (AvgIpc) is 2.99. The molecule has 4 nitrogen and oxygen atoms in total. The second-order valence-corrected chi connectivity index (χ2v) is 8.06. The highest BCUT2D eigenvalue weighted by molar-refractivity contribution is 8.04. The lowest BCUT2D eigenvalue weighted by atomic mass is 10.0. The first-order valence-corrected chi connectivity index (χ1v) is 10.3. The molecule has 0 saturated heterocycles. The van der Waals surface area contributed by atoms with Gasteiger partial charge < -0.3 is 4.74 Å². The Hall–Kier alpha value is -3.52. The van der Waals surface area contributed by atoms with Crippen molar-refractivity contribution in [2.45, 2.75) is 18.2 Å². The molecule has 0 fully saturated rings. The number of imide groups is 1. The molecule has 0 bridgehead atoms. The summed E-state index contributed by atoms with van der Waals surface area (Å²) in [6, 6.07) is 21.0. The van der Waals surface area contributed by atoms with Crippen LogP contribution in [0.15, 0.2) is 88.7 Å². The lowest BCUT2D eigenvalue weighted by molar-refractivity contribution is -0.274. The number of hydrogen-bond acceptors (Lipinski definition) is 4. The third-order valence-electron chi connectivity index (χ3n) is 4.67. The molecule has 8 heteroatoms. The number of ether oxygens (including phenoxy) is 1. The summed E-state index contributed by atoms with van der Waals surface area (Å²) in [6.07, 6.45) is -4.83. The fraction of sp³-hybridized carbons (Fsp3) is 0.0833. The number of alkyl halides is 3. The number of anilines is 1. The molecule has 0 aromatic heterocycles. The van der Waals surface area contributed by atoms with E-state index < -0.39 is 23.9 Å². The molecule has 0 N–H and O–H groups in total. The minimum atomic E-state index is -4.83. The molecular formula is C24H16F3NO3S. The lowest BCUT2D eigenvalue weighted by Gasteiger charge is -2.16. The van der Waals surface area contributed by atoms with Crippen molar-refractivity contribution in [1.82, 2.24) is 0 Å². The summed E-state index contributed by atoms with van der Waals surface area (Å²) >= 11 is 1.17. The van der Waals surface area contributed by atoms with Gasteiger partial charge in [-0.15, -0.1) is 13.2 Å². The van der Waals surface area contributed by atoms with E-state index in [9.17, 15) is 22.8 Å². The van der Waals surface area contributed by atoms with E-state index in [1.807, 2.05) is 49.4 Å². The van der Waals surface area contributed by atoms with E-state index in [4.69, 9.17) is 0 Å². The maximum atomic E-state index is 13.3. The third-order valence-corrected chi connectivity index (χ3v) is 5.76. The molecule has 0 atom stereocenters. The van der Waals surface area contributed by atoms with Gasteiger partial charge in [0.15, 0.2) is 0 Å². The summed E-state index contributed by atoms with van der Waals surface area (Å²) in [5, 5.41) is 0. The van der Waals surface area contributed by atoms with Gasteiger partial charge in [0.1, 0.15) is 5.75 Å². The van der Waals surface area contributed by atoms with E-state index in [1.54, 1.807) is 12.1 Å². The smallest absolute Gasteiger partial charge is 0.406 e. The second kappa shape index (κ2) is 8.55. The van der Waals surface area contributed by atoms with Gasteiger partial charge in [-0.2, -0.15) is 0 Å². The van der Waals surface area contributed by atoms with Crippen LogP contribution < -0.4 is 9.64 Å². The van der Waals surface area contributed by atoms with Crippen molar-refractivity contribution >= 4 is 34.8 Å². The number of carbonyl (C=O) groups excluding carboxylic acids is 2. The number of thioether (sulfide) groups is 1. The van der Waals surface area contributed by atoms with Crippen LogP contribution >= 0.6 is 11.8 Å². The van der Waals surface area contributed by atoms with Crippen molar-refractivity contribution in [3.8, 4) is 5.75 Å². The molecule has 0 aliphatic carbocycles. The summed E-state index contributed by atoms with van der Waals surface area (Å²) in [7, 11) is 0. The van der Waals surface area contributed by atoms with Crippen molar-refractivity contribution in [2.75, 3.05) is 4.90 Å². The Morgan fingerprint density at radius 1 is 0.812 bits per heavy atom. The Bertz CT molecular complexity index is 1190. The summed E-state index contributed by atoms with van der Waals surface area (Å²) in [6.45, 7) is 1.91. The standard InChI is InChI=1S/C24H16F3NO3S/c1-15-7-9-16(10-8-15)20-21(32-19-5-3-2-4-6-19)23(30)28(22(20)29)17-11-13-18(14-12-17)31-24(25,26)27/h2-14H,1H3. The summed E-state index contributed by atoms with van der Waals surface area (Å²) in [4.78, 5) is 28.6. The molecule has 1 aliphatic rings. The number of carbonyl (C=O) groups is 2. The summed E-state index contributed by atoms with van der Waals surface area (Å²) < 4.78 is 41.2. The molecule has 162 valence electrons. The molecule has 0 saturated carbocycles. The molecule has 3 aromatic rings. The van der Waals surface area contributed by atoms with E-state index in [-0.39, 0.29) is 16.2 Å². The first-order valence-electron chi connectivity index (χ1n) is 9.52. The number of benzene rings is 3. The fourth-order valence-corrected chi connectivity index (χ4v) is 4.23. The van der Waals surface area contributed by atoms with Gasteiger partial charge in [0, 0.05) is 4.90 Å². The van der Waals surface area contributed by atoms with Crippen LogP contribution in [-0.4, -0.2) is 18.2 Å². The quantitative estimate of drug-likeness (QED) is 0.445. The van der Waals surface area contributed by atoms with Crippen LogP contribution in [0.1, 0.15) is 11.1 Å². The minimum absolute atomic E-state index is 0.155. The van der Waals surface area contributed by atoms with Crippen molar-refractivity contribution < 1.29 is 27.5 Å². The predicted molar refractivity (Wildman–Crippen MR) is 116 cm³/mol. The highest BCUT2D eigenvalue weighted by Gasteiger charge is 2.40. The first kappa shape index (κ1) is 21.7. The van der Waals surface area contributed by atoms with Crippen LogP contribution in [0.2, 0.25) is 0 Å². The van der Waals surface area contributed by atoms with Crippen molar-refractivity contribution in [2.24, 2.45) is 0 Å². The van der Waals surface area contributed by atoms with Crippen LogP contribution in [-0.2, 0) is 9.59 Å². The van der Waals surface area contributed by atoms with E-state index in [2.05, 4.69) is 4.74 Å². The highest BCUT2D eigenvalue weighted by Crippen LogP contribution is 2.41. The first-order chi connectivity index (χ1) is 15.2. The molecular weight excluding hydrogens is 439 g/mol.